The number of aromatic nitrogens is 2. The number of carboxylic acid groups (broad SMARTS) is 1. The van der Waals surface area contributed by atoms with Crippen molar-refractivity contribution in [1.29, 1.82) is 0 Å². The smallest absolute Gasteiger partial charge is 0.354 e. The number of rotatable bonds is 1. The number of hydrogen-bond acceptors (Lipinski definition) is 3. The summed E-state index contributed by atoms with van der Waals surface area (Å²) in [6.45, 7) is 0. The van der Waals surface area contributed by atoms with Crippen LogP contribution in [0.1, 0.15) is 10.5 Å². The molecule has 1 N–H and O–H groups in total. The van der Waals surface area contributed by atoms with Gasteiger partial charge in [0.2, 0.25) is 0 Å². The van der Waals surface area contributed by atoms with Crippen LogP contribution in [0.25, 0.3) is 0 Å². The van der Waals surface area contributed by atoms with E-state index in [1.165, 1.54) is 0 Å². The molecule has 5 heteroatoms. The van der Waals surface area contributed by atoms with E-state index in [1.54, 1.807) is 0 Å². The predicted octanol–water partition coefficient (Wildman–Crippen LogP) is 0.314. The zero-order chi connectivity index (χ0) is 7.56. The van der Waals surface area contributed by atoms with Crippen molar-refractivity contribution in [2.75, 3.05) is 0 Å². The molecule has 0 fully saturated rings. The highest BCUT2D eigenvalue weighted by molar-refractivity contribution is 5.84. The molecule has 0 aromatic carbocycles. The minimum Gasteiger partial charge on any atom is -0.477 e. The summed E-state index contributed by atoms with van der Waals surface area (Å²) < 4.78 is 12.0. The fourth-order valence-corrected chi connectivity index (χ4v) is 0.454. The van der Waals surface area contributed by atoms with Crippen molar-refractivity contribution in [2.24, 2.45) is 0 Å². The number of hydrogen-bond donors (Lipinski definition) is 1. The zero-order valence-electron chi connectivity index (χ0n) is 4.78. The van der Waals surface area contributed by atoms with E-state index < -0.39 is 12.0 Å². The summed E-state index contributed by atoms with van der Waals surface area (Å²) in [6.07, 6.45) is 0.0195. The van der Waals surface area contributed by atoms with E-state index in [2.05, 4.69) is 9.97 Å². The number of carboxylic acids is 1. The second kappa shape index (κ2) is 2.38. The van der Waals surface area contributed by atoms with E-state index in [0.29, 0.717) is 0 Å². The third kappa shape index (κ3) is 1.25. The van der Waals surface area contributed by atoms with Gasteiger partial charge in [0.1, 0.15) is 0 Å². The molecule has 1 aromatic rings. The van der Waals surface area contributed by atoms with Crippen LogP contribution in [0.5, 0.6) is 0 Å². The highest BCUT2D eigenvalue weighted by Crippen LogP contribution is 1.92. The number of aromatic carboxylic acids is 1. The van der Waals surface area contributed by atoms with Crippen molar-refractivity contribution in [3.63, 3.8) is 0 Å². The molecule has 4 nitrogen and oxygen atoms in total. The molecule has 1 aromatic heterocycles. The Balaban J connectivity index is 3.07. The summed E-state index contributed by atoms with van der Waals surface area (Å²) in [4.78, 5) is 16.2. The van der Waals surface area contributed by atoms with Crippen molar-refractivity contribution < 1.29 is 14.3 Å². The minimum atomic E-state index is -1.26. The summed E-state index contributed by atoms with van der Waals surface area (Å²) in [5.74, 6) is -1.26. The maximum atomic E-state index is 12.0. The first-order chi connectivity index (χ1) is 4.70. The lowest BCUT2D eigenvalue weighted by Crippen LogP contribution is -2.02. The van der Waals surface area contributed by atoms with E-state index >= 15 is 0 Å². The second-order valence-electron chi connectivity index (χ2n) is 1.52. The predicted molar refractivity (Wildman–Crippen MR) is 28.9 cm³/mol. The van der Waals surface area contributed by atoms with Crippen molar-refractivity contribution in [3.05, 3.63) is 24.0 Å². The summed E-state index contributed by atoms with van der Waals surface area (Å²) >= 11 is 0. The normalized spacial score (nSPS) is 9.30. The van der Waals surface area contributed by atoms with Gasteiger partial charge in [0.15, 0.2) is 5.69 Å². The van der Waals surface area contributed by atoms with Gasteiger partial charge in [0.25, 0.3) is 0 Å². The van der Waals surface area contributed by atoms with Crippen molar-refractivity contribution in [3.8, 4) is 0 Å². The summed E-state index contributed by atoms with van der Waals surface area (Å²) in [7, 11) is 0. The summed E-state index contributed by atoms with van der Waals surface area (Å²) in [5.41, 5.74) is -0.340. The molecule has 1 heterocycles. The second-order valence-corrected chi connectivity index (χ2v) is 1.52. The van der Waals surface area contributed by atoms with Gasteiger partial charge in [-0.15, -0.1) is 0 Å². The average molecular weight is 142 g/mol. The SMILES string of the molecule is O=C(O)c1ccnc(F)n1. The van der Waals surface area contributed by atoms with Crippen LogP contribution in [0.15, 0.2) is 12.3 Å². The molecule has 52 valence electrons. The molecule has 0 bridgehead atoms. The number of carbonyl (C=O) groups is 1. The quantitative estimate of drug-likeness (QED) is 0.573. The fourth-order valence-electron chi connectivity index (χ4n) is 0.454. The first-order valence-electron chi connectivity index (χ1n) is 2.42. The lowest BCUT2D eigenvalue weighted by atomic mass is 10.4. The van der Waals surface area contributed by atoms with Crippen molar-refractivity contribution in [1.82, 2.24) is 9.97 Å². The molecule has 0 saturated carbocycles. The maximum Gasteiger partial charge on any atom is 0.354 e. The maximum absolute atomic E-state index is 12.0. The van der Waals surface area contributed by atoms with Crippen LogP contribution in [0.4, 0.5) is 4.39 Å². The highest BCUT2D eigenvalue weighted by atomic mass is 19.1. The van der Waals surface area contributed by atoms with Gasteiger partial charge >= 0.3 is 12.0 Å². The molecule has 0 amide bonds. The van der Waals surface area contributed by atoms with Gasteiger partial charge in [-0.3, -0.25) is 0 Å². The van der Waals surface area contributed by atoms with Crippen LogP contribution in [0, 0.1) is 6.08 Å². The fraction of sp³-hybridized carbons (Fsp3) is 0. The molecule has 1 rings (SSSR count). The highest BCUT2D eigenvalue weighted by Gasteiger charge is 2.04. The Morgan fingerprint density at radius 2 is 2.40 bits per heavy atom. The Labute approximate surface area is 55.4 Å². The van der Waals surface area contributed by atoms with E-state index in [1.807, 2.05) is 0 Å². The van der Waals surface area contributed by atoms with Crippen LogP contribution in [-0.2, 0) is 0 Å². The summed E-state index contributed by atoms with van der Waals surface area (Å²) in [6, 6.07) is 1.12. The molecule has 0 aliphatic carbocycles. The topological polar surface area (TPSA) is 63.1 Å². The molecule has 0 saturated heterocycles. The van der Waals surface area contributed by atoms with Crippen LogP contribution in [0.3, 0.4) is 0 Å². The molecule has 0 aliphatic rings. The van der Waals surface area contributed by atoms with Gasteiger partial charge in [-0.2, -0.15) is 9.37 Å². The molecular weight excluding hydrogens is 139 g/mol. The van der Waals surface area contributed by atoms with Crippen LogP contribution >= 0.6 is 0 Å². The van der Waals surface area contributed by atoms with Gasteiger partial charge in [-0.1, -0.05) is 0 Å². The Morgan fingerprint density at radius 1 is 1.70 bits per heavy atom. The lowest BCUT2D eigenvalue weighted by Gasteiger charge is -1.89. The number of nitrogens with zero attached hydrogens (tertiary/aromatic N) is 2. The zero-order valence-corrected chi connectivity index (χ0v) is 4.78. The van der Waals surface area contributed by atoms with Gasteiger partial charge in [-0.05, 0) is 6.07 Å². The molecule has 0 radical (unpaired) electrons. The Hall–Kier alpha value is -1.52. The third-order valence-corrected chi connectivity index (χ3v) is 0.845. The molecule has 0 atom stereocenters. The van der Waals surface area contributed by atoms with Gasteiger partial charge in [0, 0.05) is 6.20 Å². The van der Waals surface area contributed by atoms with Crippen LogP contribution in [-0.4, -0.2) is 21.0 Å². The summed E-state index contributed by atoms with van der Waals surface area (Å²) in [5, 5.41) is 8.25. The Bertz CT molecular complexity index is 264. The molecule has 0 aliphatic heterocycles. The van der Waals surface area contributed by atoms with Gasteiger partial charge < -0.3 is 5.11 Å². The average Bonchev–Trinajstić information content (AvgIpc) is 1.88. The molecule has 0 unspecified atom stereocenters. The molecule has 0 spiro atoms. The van der Waals surface area contributed by atoms with E-state index in [9.17, 15) is 9.18 Å². The van der Waals surface area contributed by atoms with Gasteiger partial charge in [0.05, 0.1) is 0 Å². The van der Waals surface area contributed by atoms with Gasteiger partial charge in [-0.25, -0.2) is 9.78 Å². The Morgan fingerprint density at radius 3 is 2.80 bits per heavy atom. The van der Waals surface area contributed by atoms with E-state index in [0.717, 1.165) is 12.3 Å². The standard InChI is InChI=1S/C5H3FN2O2/c6-5-7-2-1-3(8-5)4(9)10/h1-2H,(H,9,10). The monoisotopic (exact) mass is 142 g/mol. The van der Waals surface area contributed by atoms with Crippen LogP contribution in [0.2, 0.25) is 0 Å². The lowest BCUT2D eigenvalue weighted by molar-refractivity contribution is 0.0688. The largest absolute Gasteiger partial charge is 0.477 e. The van der Waals surface area contributed by atoms with E-state index in [-0.39, 0.29) is 5.69 Å². The number of halogens is 1. The molecule has 10 heavy (non-hydrogen) atoms. The van der Waals surface area contributed by atoms with Crippen molar-refractivity contribution >= 4 is 5.97 Å². The minimum absolute atomic E-state index is 0.340. The Kier molecular flexibility index (Phi) is 1.57. The van der Waals surface area contributed by atoms with Crippen molar-refractivity contribution in [2.45, 2.75) is 0 Å². The first kappa shape index (κ1) is 6.60. The third-order valence-electron chi connectivity index (χ3n) is 0.845. The first-order valence-corrected chi connectivity index (χ1v) is 2.42. The van der Waals surface area contributed by atoms with Crippen LogP contribution < -0.4 is 0 Å². The van der Waals surface area contributed by atoms with E-state index in [4.69, 9.17) is 5.11 Å². The molecular formula is C5H3FN2O2.